The molecule has 0 amide bonds. The summed E-state index contributed by atoms with van der Waals surface area (Å²) >= 11 is 0. The molecule has 2 rings (SSSR count). The summed E-state index contributed by atoms with van der Waals surface area (Å²) < 4.78 is 40.2. The molecular weight excluding hydrogens is 247 g/mol. The van der Waals surface area contributed by atoms with Crippen LogP contribution < -0.4 is 0 Å². The van der Waals surface area contributed by atoms with Crippen LogP contribution in [0.3, 0.4) is 0 Å². The Hall–Kier alpha value is -1.40. The van der Waals surface area contributed by atoms with Crippen molar-refractivity contribution in [2.75, 3.05) is 12.0 Å². The number of furan rings is 1. The second-order valence-corrected chi connectivity index (χ2v) is 6.12. The normalized spacial score (nSPS) is 14.1. The van der Waals surface area contributed by atoms with Gasteiger partial charge in [0.2, 0.25) is 0 Å². The predicted molar refractivity (Wildman–Crippen MR) is 60.8 cm³/mol. The Morgan fingerprint density at radius 3 is 2.76 bits per heavy atom. The monoisotopic (exact) mass is 258 g/mol. The number of rotatable bonds is 3. The van der Waals surface area contributed by atoms with Crippen molar-refractivity contribution in [2.45, 2.75) is 6.10 Å². The summed E-state index contributed by atoms with van der Waals surface area (Å²) in [4.78, 5) is 0. The average Bonchev–Trinajstić information content (AvgIpc) is 2.57. The smallest absolute Gasteiger partial charge is 0.150 e. The number of halogens is 1. The van der Waals surface area contributed by atoms with E-state index < -0.39 is 27.5 Å². The highest BCUT2D eigenvalue weighted by Crippen LogP contribution is 2.25. The van der Waals surface area contributed by atoms with Gasteiger partial charge in [-0.05, 0) is 24.3 Å². The molecule has 0 aliphatic heterocycles. The Labute approximate surface area is 97.6 Å². The van der Waals surface area contributed by atoms with E-state index in [0.717, 1.165) is 6.26 Å². The van der Waals surface area contributed by atoms with Crippen LogP contribution >= 0.6 is 0 Å². The van der Waals surface area contributed by atoms with Gasteiger partial charge in [0.15, 0.2) is 0 Å². The maximum atomic E-state index is 12.9. The Kier molecular flexibility index (Phi) is 2.92. The molecule has 0 radical (unpaired) electrons. The van der Waals surface area contributed by atoms with E-state index in [9.17, 15) is 17.9 Å². The topological polar surface area (TPSA) is 67.5 Å². The van der Waals surface area contributed by atoms with Crippen molar-refractivity contribution >= 4 is 20.8 Å². The molecule has 0 aliphatic rings. The molecule has 2 aromatic rings. The second kappa shape index (κ2) is 4.12. The minimum absolute atomic E-state index is 0.121. The molecule has 0 spiro atoms. The van der Waals surface area contributed by atoms with Gasteiger partial charge in [-0.15, -0.1) is 0 Å². The highest BCUT2D eigenvalue weighted by Gasteiger charge is 2.18. The van der Waals surface area contributed by atoms with Gasteiger partial charge in [-0.3, -0.25) is 0 Å². The zero-order valence-corrected chi connectivity index (χ0v) is 9.87. The molecule has 6 heteroatoms. The van der Waals surface area contributed by atoms with Crippen molar-refractivity contribution in [3.05, 3.63) is 35.8 Å². The van der Waals surface area contributed by atoms with E-state index in [1.807, 2.05) is 0 Å². The molecule has 1 unspecified atom stereocenters. The largest absolute Gasteiger partial charge is 0.458 e. The van der Waals surface area contributed by atoms with Gasteiger partial charge in [0.05, 0.1) is 5.75 Å². The number of fused-ring (bicyclic) bond motifs is 1. The van der Waals surface area contributed by atoms with Crippen LogP contribution in [0.25, 0.3) is 11.0 Å². The quantitative estimate of drug-likeness (QED) is 0.909. The van der Waals surface area contributed by atoms with Gasteiger partial charge < -0.3 is 9.52 Å². The Bertz CT molecular complexity index is 645. The highest BCUT2D eigenvalue weighted by atomic mass is 32.2. The summed E-state index contributed by atoms with van der Waals surface area (Å²) in [7, 11) is -3.30. The third-order valence-electron chi connectivity index (χ3n) is 2.29. The SMILES string of the molecule is CS(=O)(=O)CC(O)c1cc2cc(F)ccc2o1. The lowest BCUT2D eigenvalue weighted by Gasteiger charge is -2.04. The van der Waals surface area contributed by atoms with Crippen LogP contribution in [0.5, 0.6) is 0 Å². The van der Waals surface area contributed by atoms with Crippen molar-refractivity contribution < 1.29 is 22.3 Å². The van der Waals surface area contributed by atoms with E-state index >= 15 is 0 Å². The fraction of sp³-hybridized carbons (Fsp3) is 0.273. The summed E-state index contributed by atoms with van der Waals surface area (Å²) in [5.41, 5.74) is 0.411. The van der Waals surface area contributed by atoms with Crippen LogP contribution in [0.1, 0.15) is 11.9 Å². The molecule has 1 N–H and O–H groups in total. The lowest BCUT2D eigenvalue weighted by atomic mass is 10.2. The van der Waals surface area contributed by atoms with E-state index in [1.54, 1.807) is 0 Å². The minimum Gasteiger partial charge on any atom is -0.458 e. The molecule has 0 saturated carbocycles. The molecular formula is C11H11FO4S. The van der Waals surface area contributed by atoms with Crippen molar-refractivity contribution in [1.29, 1.82) is 0 Å². The number of benzene rings is 1. The fourth-order valence-electron chi connectivity index (χ4n) is 1.57. The molecule has 1 aromatic carbocycles. The van der Waals surface area contributed by atoms with E-state index in [4.69, 9.17) is 4.42 Å². The maximum absolute atomic E-state index is 12.9. The van der Waals surface area contributed by atoms with Gasteiger partial charge in [0.1, 0.15) is 33.1 Å². The van der Waals surface area contributed by atoms with Gasteiger partial charge in [-0.2, -0.15) is 0 Å². The number of hydrogen-bond acceptors (Lipinski definition) is 4. The van der Waals surface area contributed by atoms with Crippen LogP contribution in [0.2, 0.25) is 0 Å². The van der Waals surface area contributed by atoms with Crippen LogP contribution in [-0.4, -0.2) is 25.5 Å². The van der Waals surface area contributed by atoms with Crippen molar-refractivity contribution in [1.82, 2.24) is 0 Å². The molecule has 92 valence electrons. The standard InChI is InChI=1S/C11H11FO4S/c1-17(14,15)6-9(13)11-5-7-4-8(12)2-3-10(7)16-11/h2-5,9,13H,6H2,1H3. The van der Waals surface area contributed by atoms with Crippen LogP contribution in [0, 0.1) is 5.82 Å². The first-order valence-electron chi connectivity index (χ1n) is 4.90. The predicted octanol–water partition coefficient (Wildman–Crippen LogP) is 1.65. The molecule has 17 heavy (non-hydrogen) atoms. The Balaban J connectivity index is 2.36. The highest BCUT2D eigenvalue weighted by molar-refractivity contribution is 7.90. The lowest BCUT2D eigenvalue weighted by Crippen LogP contribution is -2.11. The summed E-state index contributed by atoms with van der Waals surface area (Å²) in [6.07, 6.45) is -0.209. The Morgan fingerprint density at radius 1 is 1.41 bits per heavy atom. The first kappa shape index (κ1) is 12.1. The number of aliphatic hydroxyl groups is 1. The van der Waals surface area contributed by atoms with Crippen LogP contribution in [-0.2, 0) is 9.84 Å². The lowest BCUT2D eigenvalue weighted by molar-refractivity contribution is 0.174. The molecule has 0 aliphatic carbocycles. The Morgan fingerprint density at radius 2 is 2.12 bits per heavy atom. The zero-order chi connectivity index (χ0) is 12.6. The van der Waals surface area contributed by atoms with E-state index in [1.165, 1.54) is 24.3 Å². The summed E-state index contributed by atoms with van der Waals surface area (Å²) in [5.74, 6) is -0.714. The zero-order valence-electron chi connectivity index (χ0n) is 9.05. The molecule has 4 nitrogen and oxygen atoms in total. The maximum Gasteiger partial charge on any atom is 0.150 e. The summed E-state index contributed by atoms with van der Waals surface area (Å²) in [5, 5.41) is 10.2. The second-order valence-electron chi connectivity index (χ2n) is 3.94. The summed E-state index contributed by atoms with van der Waals surface area (Å²) in [6, 6.07) is 5.36. The molecule has 0 fully saturated rings. The average molecular weight is 258 g/mol. The third-order valence-corrected chi connectivity index (χ3v) is 3.21. The van der Waals surface area contributed by atoms with Gasteiger partial charge in [-0.25, -0.2) is 12.8 Å². The van der Waals surface area contributed by atoms with Crippen molar-refractivity contribution in [3.63, 3.8) is 0 Å². The molecule has 0 saturated heterocycles. The number of sulfone groups is 1. The molecule has 1 atom stereocenters. The van der Waals surface area contributed by atoms with Crippen LogP contribution in [0.15, 0.2) is 28.7 Å². The molecule has 1 heterocycles. The molecule has 0 bridgehead atoms. The van der Waals surface area contributed by atoms with Gasteiger partial charge in [0.25, 0.3) is 0 Å². The molecule has 1 aromatic heterocycles. The van der Waals surface area contributed by atoms with Gasteiger partial charge in [-0.1, -0.05) is 0 Å². The van der Waals surface area contributed by atoms with Crippen molar-refractivity contribution in [2.24, 2.45) is 0 Å². The fourth-order valence-corrected chi connectivity index (χ4v) is 2.31. The van der Waals surface area contributed by atoms with Crippen molar-refractivity contribution in [3.8, 4) is 0 Å². The number of aliphatic hydroxyl groups excluding tert-OH is 1. The number of hydrogen-bond donors (Lipinski definition) is 1. The van der Waals surface area contributed by atoms with E-state index in [-0.39, 0.29) is 5.76 Å². The first-order valence-corrected chi connectivity index (χ1v) is 6.96. The van der Waals surface area contributed by atoms with Gasteiger partial charge in [0, 0.05) is 11.6 Å². The first-order chi connectivity index (χ1) is 7.85. The van der Waals surface area contributed by atoms with E-state index in [0.29, 0.717) is 11.0 Å². The van der Waals surface area contributed by atoms with E-state index in [2.05, 4.69) is 0 Å². The van der Waals surface area contributed by atoms with Gasteiger partial charge >= 0.3 is 0 Å². The third kappa shape index (κ3) is 2.83. The summed E-state index contributed by atoms with van der Waals surface area (Å²) in [6.45, 7) is 0. The minimum atomic E-state index is -3.30. The van der Waals surface area contributed by atoms with Crippen LogP contribution in [0.4, 0.5) is 4.39 Å².